The highest BCUT2D eigenvalue weighted by molar-refractivity contribution is 5.73. The maximum absolute atomic E-state index is 11.4. The van der Waals surface area contributed by atoms with Gasteiger partial charge in [-0.3, -0.25) is 4.79 Å². The summed E-state index contributed by atoms with van der Waals surface area (Å²) < 4.78 is 0. The van der Waals surface area contributed by atoms with Gasteiger partial charge in [0.25, 0.3) is 0 Å². The van der Waals surface area contributed by atoms with Crippen molar-refractivity contribution in [1.29, 1.82) is 5.41 Å². The molecule has 5 saturated carbocycles. The zero-order chi connectivity index (χ0) is 27.1. The molecule has 4 nitrogen and oxygen atoms in total. The molecule has 1 amide bonds. The molecule has 4 heteroatoms. The first-order valence-electron chi connectivity index (χ1n) is 15.1. The van der Waals surface area contributed by atoms with Crippen molar-refractivity contribution in [2.24, 2.45) is 57.0 Å². The molecule has 37 heavy (non-hydrogen) atoms. The standard InChI is InChI=1S/C26H43NO.C6H7N.CH3N/c1-5-18-16-21-25-13-11-19(17(2)9-10-22(27)28)24(25,4)14-15-26(21,25)23(3)12-7-6-8-20(18)23;7-6-4-2-1-3-5-6;1-2/h17-21H,5-16H2,1-4H3,(H2,27,28);1-5H,7H2;2H,1H2/t17-,18+,19?,20?,21?,23?,24?,25?,26?;;/m1../s1. The zero-order valence-corrected chi connectivity index (χ0v) is 24.0. The van der Waals surface area contributed by atoms with Gasteiger partial charge in [0.05, 0.1) is 0 Å². The van der Waals surface area contributed by atoms with E-state index in [2.05, 4.69) is 34.4 Å². The Morgan fingerprint density at radius 1 is 1.03 bits per heavy atom. The molecule has 7 unspecified atom stereocenters. The molecule has 1 aromatic carbocycles. The van der Waals surface area contributed by atoms with E-state index in [-0.39, 0.29) is 5.91 Å². The van der Waals surface area contributed by atoms with E-state index in [9.17, 15) is 4.79 Å². The summed E-state index contributed by atoms with van der Waals surface area (Å²) in [6.45, 7) is 12.8. The first-order valence-corrected chi connectivity index (χ1v) is 15.1. The normalized spacial score (nSPS) is 43.4. The molecule has 9 atom stereocenters. The van der Waals surface area contributed by atoms with E-state index in [4.69, 9.17) is 16.9 Å². The minimum absolute atomic E-state index is 0.115. The van der Waals surface area contributed by atoms with Crippen LogP contribution in [0.5, 0.6) is 0 Å². The average Bonchev–Trinajstić information content (AvgIpc) is 3.21. The summed E-state index contributed by atoms with van der Waals surface area (Å²) in [5.74, 6) is 4.33. The Kier molecular flexibility index (Phi) is 7.90. The van der Waals surface area contributed by atoms with Crippen LogP contribution < -0.4 is 11.5 Å². The van der Waals surface area contributed by atoms with E-state index in [1.165, 1.54) is 64.2 Å². The van der Waals surface area contributed by atoms with Gasteiger partial charge in [-0.25, -0.2) is 0 Å². The lowest BCUT2D eigenvalue weighted by Crippen LogP contribution is -2.47. The van der Waals surface area contributed by atoms with Gasteiger partial charge in [0.15, 0.2) is 0 Å². The van der Waals surface area contributed by atoms with Gasteiger partial charge in [0.1, 0.15) is 0 Å². The Morgan fingerprint density at radius 3 is 2.30 bits per heavy atom. The van der Waals surface area contributed by atoms with Crippen LogP contribution in [-0.2, 0) is 4.79 Å². The highest BCUT2D eigenvalue weighted by Gasteiger charge is 2.92. The third-order valence-electron chi connectivity index (χ3n) is 12.9. The number of carbonyl (C=O) groups is 1. The molecule has 5 N–H and O–H groups in total. The predicted molar refractivity (Wildman–Crippen MR) is 155 cm³/mol. The van der Waals surface area contributed by atoms with Crippen molar-refractivity contribution in [3.63, 3.8) is 0 Å². The van der Waals surface area contributed by atoms with Crippen molar-refractivity contribution in [2.45, 2.75) is 105 Å². The highest BCUT2D eigenvalue weighted by atomic mass is 16.1. The predicted octanol–water partition coefficient (Wildman–Crippen LogP) is 7.86. The molecule has 5 aliphatic rings. The van der Waals surface area contributed by atoms with E-state index in [1.54, 1.807) is 0 Å². The zero-order valence-electron chi connectivity index (χ0n) is 24.0. The van der Waals surface area contributed by atoms with Crippen molar-refractivity contribution < 1.29 is 4.79 Å². The molecular formula is C33H53N3O. The molecule has 0 aromatic heterocycles. The number of anilines is 1. The lowest BCUT2D eigenvalue weighted by molar-refractivity contribution is -0.118. The van der Waals surface area contributed by atoms with Crippen LogP contribution in [0.2, 0.25) is 0 Å². The van der Waals surface area contributed by atoms with Gasteiger partial charge in [0, 0.05) is 12.1 Å². The van der Waals surface area contributed by atoms with Gasteiger partial charge in [-0.1, -0.05) is 65.2 Å². The van der Waals surface area contributed by atoms with Crippen LogP contribution in [0.15, 0.2) is 30.3 Å². The Labute approximate surface area is 226 Å². The van der Waals surface area contributed by atoms with Gasteiger partial charge in [-0.05, 0) is 121 Å². The van der Waals surface area contributed by atoms with Crippen molar-refractivity contribution in [3.05, 3.63) is 30.3 Å². The number of rotatable bonds is 5. The fourth-order valence-electron chi connectivity index (χ4n) is 11.7. The van der Waals surface area contributed by atoms with E-state index < -0.39 is 0 Å². The van der Waals surface area contributed by atoms with Crippen molar-refractivity contribution in [1.82, 2.24) is 0 Å². The smallest absolute Gasteiger partial charge is 0.217 e. The molecule has 1 aromatic rings. The lowest BCUT2D eigenvalue weighted by atomic mass is 9.50. The Hall–Kier alpha value is -1.84. The molecular weight excluding hydrogens is 454 g/mol. The quantitative estimate of drug-likeness (QED) is 0.279. The van der Waals surface area contributed by atoms with E-state index >= 15 is 0 Å². The van der Waals surface area contributed by atoms with Crippen LogP contribution in [-0.4, -0.2) is 12.6 Å². The monoisotopic (exact) mass is 507 g/mol. The average molecular weight is 508 g/mol. The second-order valence-corrected chi connectivity index (χ2v) is 13.6. The topological polar surface area (TPSA) is 93.0 Å². The minimum atomic E-state index is -0.115. The van der Waals surface area contributed by atoms with Gasteiger partial charge in [-0.15, -0.1) is 0 Å². The number of nitrogen functional groups attached to an aromatic ring is 1. The van der Waals surface area contributed by atoms with E-state index in [1.807, 2.05) is 30.3 Å². The number of hydrogen-bond donors (Lipinski definition) is 3. The first kappa shape index (κ1) is 28.2. The number of hydrogen-bond acceptors (Lipinski definition) is 3. The Bertz CT molecular complexity index is 950. The van der Waals surface area contributed by atoms with Crippen molar-refractivity contribution in [2.75, 3.05) is 5.73 Å². The first-order chi connectivity index (χ1) is 17.7. The van der Waals surface area contributed by atoms with Gasteiger partial charge < -0.3 is 16.9 Å². The second-order valence-electron chi connectivity index (χ2n) is 13.6. The summed E-state index contributed by atoms with van der Waals surface area (Å²) in [6.07, 6.45) is 16.3. The molecule has 2 spiro atoms. The summed E-state index contributed by atoms with van der Waals surface area (Å²) >= 11 is 0. The van der Waals surface area contributed by atoms with E-state index in [0.29, 0.717) is 34.0 Å². The summed E-state index contributed by atoms with van der Waals surface area (Å²) in [5.41, 5.74) is 14.1. The van der Waals surface area contributed by atoms with E-state index in [0.717, 1.165) is 35.8 Å². The largest absolute Gasteiger partial charge is 0.399 e. The lowest BCUT2D eigenvalue weighted by Gasteiger charge is -2.54. The fraction of sp³-hybridized carbons (Fsp3) is 0.758. The van der Waals surface area contributed by atoms with Crippen LogP contribution in [0.4, 0.5) is 5.69 Å². The number of primary amides is 1. The molecule has 5 aliphatic carbocycles. The van der Waals surface area contributed by atoms with Gasteiger partial charge in [-0.2, -0.15) is 0 Å². The fourth-order valence-corrected chi connectivity index (χ4v) is 11.7. The summed E-state index contributed by atoms with van der Waals surface area (Å²) in [5, 5.41) is 5.50. The molecule has 206 valence electrons. The summed E-state index contributed by atoms with van der Waals surface area (Å²) in [7, 11) is 0. The number of nitrogens with one attached hydrogen (secondary N) is 1. The van der Waals surface area contributed by atoms with Gasteiger partial charge in [0.2, 0.25) is 5.91 Å². The highest BCUT2D eigenvalue weighted by Crippen LogP contribution is 2.97. The van der Waals surface area contributed by atoms with Crippen LogP contribution in [0.1, 0.15) is 105 Å². The Morgan fingerprint density at radius 2 is 1.70 bits per heavy atom. The number of amides is 1. The van der Waals surface area contributed by atoms with Crippen LogP contribution in [0, 0.1) is 56.7 Å². The second kappa shape index (κ2) is 10.4. The maximum atomic E-state index is 11.4. The number of nitrogens with two attached hydrogens (primary N) is 2. The summed E-state index contributed by atoms with van der Waals surface area (Å²) in [4.78, 5) is 11.4. The SMILES string of the molecule is C=N.CC[C@H]1CC2C3(CCC4(C)C([C@H](C)CCC(N)=O)CCC243)C2(C)CCCCC12.Nc1ccccc1. The maximum Gasteiger partial charge on any atom is 0.217 e. The molecule has 0 saturated heterocycles. The van der Waals surface area contributed by atoms with Gasteiger partial charge >= 0.3 is 0 Å². The molecule has 6 rings (SSSR count). The molecule has 0 heterocycles. The third-order valence-corrected chi connectivity index (χ3v) is 12.9. The summed E-state index contributed by atoms with van der Waals surface area (Å²) in [6, 6.07) is 9.49. The van der Waals surface area contributed by atoms with Crippen LogP contribution in [0.25, 0.3) is 0 Å². The number of carbonyl (C=O) groups excluding carboxylic acids is 1. The number of benzene rings is 1. The molecule has 0 aliphatic heterocycles. The van der Waals surface area contributed by atoms with Crippen LogP contribution >= 0.6 is 0 Å². The van der Waals surface area contributed by atoms with Crippen molar-refractivity contribution >= 4 is 18.3 Å². The van der Waals surface area contributed by atoms with Crippen LogP contribution in [0.3, 0.4) is 0 Å². The molecule has 5 fully saturated rings. The number of fused-ring (bicyclic) bond motifs is 1. The molecule has 0 bridgehead atoms. The number of para-hydroxylation sites is 1. The Balaban J connectivity index is 0.000000305. The molecule has 0 radical (unpaired) electrons. The minimum Gasteiger partial charge on any atom is -0.399 e. The third kappa shape index (κ3) is 3.90. The van der Waals surface area contributed by atoms with Crippen molar-refractivity contribution in [3.8, 4) is 0 Å².